The normalized spacial score (nSPS) is 17.0. The zero-order chi connectivity index (χ0) is 14.8. The molecule has 2 rings (SSSR count). The Hall–Kier alpha value is -0.980. The number of nitrogens with zero attached hydrogens (tertiary/aromatic N) is 2. The summed E-state index contributed by atoms with van der Waals surface area (Å²) < 4.78 is 0.745. The third-order valence-corrected chi connectivity index (χ3v) is 4.63. The van der Waals surface area contributed by atoms with Crippen molar-refractivity contribution in [2.75, 3.05) is 20.6 Å². The summed E-state index contributed by atoms with van der Waals surface area (Å²) in [6.07, 6.45) is 3.71. The number of halogens is 1. The highest BCUT2D eigenvalue weighted by atomic mass is 79.9. The second kappa shape index (κ2) is 6.20. The number of hydrogen-bond donors (Lipinski definition) is 1. The topological polar surface area (TPSA) is 58.4 Å². The van der Waals surface area contributed by atoms with Crippen LogP contribution < -0.4 is 5.32 Å². The van der Waals surface area contributed by atoms with Gasteiger partial charge in [0.2, 0.25) is 0 Å². The molecule has 20 heavy (non-hydrogen) atoms. The molecule has 1 saturated carbocycles. The van der Waals surface area contributed by atoms with Crippen LogP contribution in [0.1, 0.15) is 24.8 Å². The van der Waals surface area contributed by atoms with Crippen molar-refractivity contribution >= 4 is 21.6 Å². The fourth-order valence-electron chi connectivity index (χ4n) is 2.65. The minimum Gasteiger partial charge on any atom is -0.311 e. The molecule has 0 atom stereocenters. The van der Waals surface area contributed by atoms with Crippen LogP contribution in [0.2, 0.25) is 0 Å². The van der Waals surface area contributed by atoms with E-state index in [4.69, 9.17) is 0 Å². The lowest BCUT2D eigenvalue weighted by atomic mass is 9.75. The molecule has 0 saturated heterocycles. The van der Waals surface area contributed by atoms with Crippen molar-refractivity contribution in [1.29, 1.82) is 0 Å². The standard InChI is InChI=1S/C14H20BrN3O2/c1-17(2)14(4-3-5-14)10-16-9-11-6-12(15)8-13(7-11)18(19)20/h6-8,16H,3-5,9-10H2,1-2H3. The average Bonchev–Trinajstić information content (AvgIpc) is 2.31. The van der Waals surface area contributed by atoms with E-state index in [1.54, 1.807) is 6.07 Å². The van der Waals surface area contributed by atoms with Crippen LogP contribution in [0.4, 0.5) is 5.69 Å². The van der Waals surface area contributed by atoms with Crippen LogP contribution in [0.5, 0.6) is 0 Å². The molecule has 0 amide bonds. The van der Waals surface area contributed by atoms with Gasteiger partial charge < -0.3 is 10.2 Å². The van der Waals surface area contributed by atoms with E-state index in [9.17, 15) is 10.1 Å². The molecule has 5 nitrogen and oxygen atoms in total. The third kappa shape index (κ3) is 3.37. The number of benzene rings is 1. The lowest BCUT2D eigenvalue weighted by molar-refractivity contribution is -0.385. The summed E-state index contributed by atoms with van der Waals surface area (Å²) in [5.74, 6) is 0. The van der Waals surface area contributed by atoms with Crippen molar-refractivity contribution in [2.24, 2.45) is 0 Å². The number of nitro benzene ring substituents is 1. The SMILES string of the molecule is CN(C)C1(CNCc2cc(Br)cc([N+](=O)[O-])c2)CCC1. The summed E-state index contributed by atoms with van der Waals surface area (Å²) in [6.45, 7) is 1.57. The number of nitrogens with one attached hydrogen (secondary N) is 1. The van der Waals surface area contributed by atoms with Crippen LogP contribution in [0.3, 0.4) is 0 Å². The highest BCUT2D eigenvalue weighted by Crippen LogP contribution is 2.35. The minimum absolute atomic E-state index is 0.127. The summed E-state index contributed by atoms with van der Waals surface area (Å²) in [7, 11) is 4.23. The van der Waals surface area contributed by atoms with E-state index in [0.717, 1.165) is 16.6 Å². The van der Waals surface area contributed by atoms with Crippen LogP contribution in [-0.2, 0) is 6.54 Å². The van der Waals surface area contributed by atoms with Gasteiger partial charge in [-0.1, -0.05) is 15.9 Å². The Balaban J connectivity index is 1.96. The maximum absolute atomic E-state index is 10.8. The van der Waals surface area contributed by atoms with Crippen LogP contribution >= 0.6 is 15.9 Å². The second-order valence-electron chi connectivity index (χ2n) is 5.65. The van der Waals surface area contributed by atoms with Crippen LogP contribution in [0.25, 0.3) is 0 Å². The van der Waals surface area contributed by atoms with Crippen molar-refractivity contribution in [3.05, 3.63) is 38.3 Å². The Labute approximate surface area is 127 Å². The summed E-state index contributed by atoms with van der Waals surface area (Å²) >= 11 is 3.32. The smallest absolute Gasteiger partial charge is 0.270 e. The summed E-state index contributed by atoms with van der Waals surface area (Å²) in [5.41, 5.74) is 1.32. The Bertz CT molecular complexity index is 501. The van der Waals surface area contributed by atoms with Gasteiger partial charge in [0.15, 0.2) is 0 Å². The predicted octanol–water partition coefficient (Wildman–Crippen LogP) is 2.93. The highest BCUT2D eigenvalue weighted by Gasteiger charge is 2.38. The van der Waals surface area contributed by atoms with Crippen molar-refractivity contribution in [3.8, 4) is 0 Å². The molecule has 0 spiro atoms. The zero-order valence-corrected chi connectivity index (χ0v) is 13.4. The molecule has 6 heteroatoms. The van der Waals surface area contributed by atoms with E-state index >= 15 is 0 Å². The van der Waals surface area contributed by atoms with E-state index in [0.29, 0.717) is 6.54 Å². The number of rotatable bonds is 6. The molecular formula is C14H20BrN3O2. The van der Waals surface area contributed by atoms with Crippen LogP contribution in [-0.4, -0.2) is 36.0 Å². The zero-order valence-electron chi connectivity index (χ0n) is 11.9. The number of hydrogen-bond acceptors (Lipinski definition) is 4. The Kier molecular flexibility index (Phi) is 4.78. The van der Waals surface area contributed by atoms with Gasteiger partial charge in [-0.3, -0.25) is 10.1 Å². The van der Waals surface area contributed by atoms with Gasteiger partial charge in [-0.25, -0.2) is 0 Å². The maximum Gasteiger partial charge on any atom is 0.270 e. The first-order valence-corrected chi connectivity index (χ1v) is 7.54. The molecule has 0 radical (unpaired) electrons. The maximum atomic E-state index is 10.8. The van der Waals surface area contributed by atoms with Gasteiger partial charge in [-0.15, -0.1) is 0 Å². The van der Waals surface area contributed by atoms with Gasteiger partial charge >= 0.3 is 0 Å². The van der Waals surface area contributed by atoms with Gasteiger partial charge in [0.05, 0.1) is 4.92 Å². The van der Waals surface area contributed by atoms with Gasteiger partial charge in [-0.05, 0) is 45.0 Å². The summed E-state index contributed by atoms with van der Waals surface area (Å²) in [6, 6.07) is 5.07. The molecule has 0 bridgehead atoms. The van der Waals surface area contributed by atoms with Crippen molar-refractivity contribution in [1.82, 2.24) is 10.2 Å². The Morgan fingerprint density at radius 1 is 1.40 bits per heavy atom. The van der Waals surface area contributed by atoms with Crippen molar-refractivity contribution in [3.63, 3.8) is 0 Å². The van der Waals surface area contributed by atoms with Gasteiger partial charge in [0.1, 0.15) is 0 Å². The number of nitro groups is 1. The first-order valence-electron chi connectivity index (χ1n) is 6.75. The molecule has 1 aromatic carbocycles. The first-order chi connectivity index (χ1) is 9.43. The minimum atomic E-state index is -0.360. The van der Waals surface area contributed by atoms with E-state index in [1.165, 1.54) is 25.3 Å². The molecule has 0 heterocycles. The molecule has 1 aromatic rings. The third-order valence-electron chi connectivity index (χ3n) is 4.17. The predicted molar refractivity (Wildman–Crippen MR) is 82.8 cm³/mol. The van der Waals surface area contributed by atoms with E-state index < -0.39 is 0 Å². The van der Waals surface area contributed by atoms with Crippen molar-refractivity contribution in [2.45, 2.75) is 31.3 Å². The first kappa shape index (κ1) is 15.4. The van der Waals surface area contributed by atoms with E-state index in [-0.39, 0.29) is 16.1 Å². The monoisotopic (exact) mass is 341 g/mol. The number of non-ortho nitro benzene ring substituents is 1. The van der Waals surface area contributed by atoms with Crippen LogP contribution in [0.15, 0.2) is 22.7 Å². The Morgan fingerprint density at radius 3 is 2.60 bits per heavy atom. The molecule has 1 fully saturated rings. The molecule has 1 aliphatic carbocycles. The molecule has 1 aliphatic rings. The average molecular weight is 342 g/mol. The molecular weight excluding hydrogens is 322 g/mol. The Morgan fingerprint density at radius 2 is 2.10 bits per heavy atom. The van der Waals surface area contributed by atoms with Crippen LogP contribution in [0, 0.1) is 10.1 Å². The van der Waals surface area contributed by atoms with E-state index in [2.05, 4.69) is 40.2 Å². The lowest BCUT2D eigenvalue weighted by Gasteiger charge is -2.47. The quantitative estimate of drug-likeness (QED) is 0.638. The lowest BCUT2D eigenvalue weighted by Crippen LogP contribution is -2.56. The molecule has 0 unspecified atom stereocenters. The summed E-state index contributed by atoms with van der Waals surface area (Å²) in [4.78, 5) is 12.8. The fraction of sp³-hybridized carbons (Fsp3) is 0.571. The highest BCUT2D eigenvalue weighted by molar-refractivity contribution is 9.10. The molecule has 0 aliphatic heterocycles. The fourth-order valence-corrected chi connectivity index (χ4v) is 3.18. The van der Waals surface area contributed by atoms with Gasteiger partial charge in [0, 0.05) is 35.2 Å². The second-order valence-corrected chi connectivity index (χ2v) is 6.57. The van der Waals surface area contributed by atoms with Crippen molar-refractivity contribution < 1.29 is 4.92 Å². The van der Waals surface area contributed by atoms with Gasteiger partial charge in [-0.2, -0.15) is 0 Å². The summed E-state index contributed by atoms with van der Waals surface area (Å²) in [5, 5.41) is 14.3. The largest absolute Gasteiger partial charge is 0.311 e. The molecule has 110 valence electrons. The van der Waals surface area contributed by atoms with Gasteiger partial charge in [0.25, 0.3) is 5.69 Å². The molecule has 1 N–H and O–H groups in total. The number of likely N-dealkylation sites (N-methyl/N-ethyl adjacent to an activating group) is 1. The van der Waals surface area contributed by atoms with E-state index in [1.807, 2.05) is 6.07 Å². The molecule has 0 aromatic heterocycles.